The lowest BCUT2D eigenvalue weighted by Crippen LogP contribution is -2.55. The average molecular weight is 443 g/mol. The van der Waals surface area contributed by atoms with E-state index in [0.29, 0.717) is 16.7 Å². The van der Waals surface area contributed by atoms with Gasteiger partial charge in [0.25, 0.3) is 0 Å². The number of allylic oxidation sites excluding steroid dienone is 3. The Morgan fingerprint density at radius 2 is 1.72 bits per heavy atom. The van der Waals surface area contributed by atoms with Gasteiger partial charge in [-0.15, -0.1) is 0 Å². The predicted molar refractivity (Wildman–Crippen MR) is 134 cm³/mol. The molecule has 0 spiro atoms. The maximum absolute atomic E-state index is 10.8. The Morgan fingerprint density at radius 3 is 2.41 bits per heavy atom. The Hall–Kier alpha value is -0.600. The molecule has 0 aromatic carbocycles. The molecule has 2 nitrogen and oxygen atoms in total. The van der Waals surface area contributed by atoms with Gasteiger partial charge in [0.1, 0.15) is 0 Å². The number of aliphatic hydroxyl groups is 2. The molecule has 4 rings (SSSR count). The second kappa shape index (κ2) is 8.26. The molecular formula is C30H50O2. The summed E-state index contributed by atoms with van der Waals surface area (Å²) in [4.78, 5) is 0. The van der Waals surface area contributed by atoms with E-state index < -0.39 is 0 Å². The minimum absolute atomic E-state index is 0.0279. The fraction of sp³-hybridized carbons (Fsp3) is 0.867. The van der Waals surface area contributed by atoms with Crippen molar-refractivity contribution in [2.75, 3.05) is 6.61 Å². The quantitative estimate of drug-likeness (QED) is 0.434. The van der Waals surface area contributed by atoms with Crippen molar-refractivity contribution < 1.29 is 10.2 Å². The summed E-state index contributed by atoms with van der Waals surface area (Å²) in [5, 5.41) is 20.1. The molecule has 32 heavy (non-hydrogen) atoms. The minimum atomic E-state index is -0.146. The topological polar surface area (TPSA) is 40.5 Å². The van der Waals surface area contributed by atoms with Gasteiger partial charge in [0.15, 0.2) is 0 Å². The van der Waals surface area contributed by atoms with Gasteiger partial charge in [-0.1, -0.05) is 64.3 Å². The van der Waals surface area contributed by atoms with Gasteiger partial charge in [0, 0.05) is 0 Å². The molecular weight excluding hydrogens is 392 g/mol. The molecule has 0 saturated heterocycles. The third-order valence-electron chi connectivity index (χ3n) is 11.8. The van der Waals surface area contributed by atoms with Crippen molar-refractivity contribution in [3.63, 3.8) is 0 Å². The molecule has 0 aromatic heterocycles. The summed E-state index contributed by atoms with van der Waals surface area (Å²) in [7, 11) is 0. The zero-order valence-electron chi connectivity index (χ0n) is 22.1. The Labute approximate surface area is 198 Å². The van der Waals surface area contributed by atoms with E-state index in [1.54, 1.807) is 0 Å². The standard InChI is InChI=1S/C30H50O2/c1-20(19-31)9-8-10-21(2)22-13-17-30(7)24-11-12-25-27(3,4)26(32)15-16-28(25,5)23(24)14-18-29(22,30)6/h9,21-22,25-26,31-32H,8,10-19H2,1-7H3/b20-9-/t21?,22-,25?,26-,28+,29-,30+/m0/s1. The fourth-order valence-electron chi connectivity index (χ4n) is 9.49. The molecule has 0 heterocycles. The van der Waals surface area contributed by atoms with E-state index in [-0.39, 0.29) is 23.5 Å². The molecule has 0 bridgehead atoms. The lowest BCUT2D eigenvalue weighted by atomic mass is 9.43. The second-order valence-corrected chi connectivity index (χ2v) is 13.5. The molecule has 0 aromatic rings. The van der Waals surface area contributed by atoms with Crippen molar-refractivity contribution in [1.29, 1.82) is 0 Å². The molecule has 4 aliphatic carbocycles. The number of hydrogen-bond acceptors (Lipinski definition) is 2. The molecule has 0 radical (unpaired) electrons. The van der Waals surface area contributed by atoms with Gasteiger partial charge >= 0.3 is 0 Å². The van der Waals surface area contributed by atoms with Crippen LogP contribution in [0.2, 0.25) is 0 Å². The van der Waals surface area contributed by atoms with Crippen LogP contribution in [0.4, 0.5) is 0 Å². The first-order valence-electron chi connectivity index (χ1n) is 13.6. The smallest absolute Gasteiger partial charge is 0.0639 e. The number of aliphatic hydroxyl groups excluding tert-OH is 2. The molecule has 7 atom stereocenters. The van der Waals surface area contributed by atoms with Crippen molar-refractivity contribution in [1.82, 2.24) is 0 Å². The van der Waals surface area contributed by atoms with E-state index in [9.17, 15) is 10.2 Å². The summed E-state index contributed by atoms with van der Waals surface area (Å²) in [5.74, 6) is 2.16. The van der Waals surface area contributed by atoms with Crippen molar-refractivity contribution in [3.8, 4) is 0 Å². The van der Waals surface area contributed by atoms with Gasteiger partial charge in [-0.2, -0.15) is 0 Å². The lowest BCUT2D eigenvalue weighted by molar-refractivity contribution is -0.0962. The highest BCUT2D eigenvalue weighted by Gasteiger charge is 2.63. The van der Waals surface area contributed by atoms with Crippen molar-refractivity contribution in [3.05, 3.63) is 22.8 Å². The second-order valence-electron chi connectivity index (χ2n) is 13.5. The summed E-state index contributed by atoms with van der Waals surface area (Å²) in [6.45, 7) is 17.2. The number of hydrogen-bond donors (Lipinski definition) is 2. The van der Waals surface area contributed by atoms with Crippen LogP contribution in [0.15, 0.2) is 22.8 Å². The summed E-state index contributed by atoms with van der Waals surface area (Å²) < 4.78 is 0. The van der Waals surface area contributed by atoms with Crippen LogP contribution >= 0.6 is 0 Å². The normalized spacial score (nSPS) is 44.7. The maximum Gasteiger partial charge on any atom is 0.0639 e. The SMILES string of the molecule is C/C(=C/CCC(C)[C@@H]1CC[C@]2(C)C3=C(CC[C@@]12C)[C@@]1(C)CC[C@H](O)C(C)(C)C1CC3)CO. The monoisotopic (exact) mass is 442 g/mol. The van der Waals surface area contributed by atoms with E-state index >= 15 is 0 Å². The van der Waals surface area contributed by atoms with E-state index in [1.165, 1.54) is 51.4 Å². The molecule has 2 heteroatoms. The van der Waals surface area contributed by atoms with Crippen LogP contribution in [-0.4, -0.2) is 22.9 Å². The first-order valence-corrected chi connectivity index (χ1v) is 13.6. The van der Waals surface area contributed by atoms with E-state index in [0.717, 1.165) is 30.3 Å². The van der Waals surface area contributed by atoms with Crippen LogP contribution in [-0.2, 0) is 0 Å². The van der Waals surface area contributed by atoms with Gasteiger partial charge < -0.3 is 10.2 Å². The molecule has 0 amide bonds. The number of rotatable bonds is 5. The average Bonchev–Trinajstić information content (AvgIpc) is 3.02. The molecule has 2 saturated carbocycles. The van der Waals surface area contributed by atoms with Gasteiger partial charge in [0.2, 0.25) is 0 Å². The Bertz CT molecular complexity index is 791. The maximum atomic E-state index is 10.8. The Balaban J connectivity index is 1.62. The largest absolute Gasteiger partial charge is 0.393 e. The fourth-order valence-corrected chi connectivity index (χ4v) is 9.49. The van der Waals surface area contributed by atoms with E-state index in [1.807, 2.05) is 18.1 Å². The van der Waals surface area contributed by atoms with Crippen LogP contribution < -0.4 is 0 Å². The highest BCUT2D eigenvalue weighted by Crippen LogP contribution is 2.72. The van der Waals surface area contributed by atoms with Gasteiger partial charge in [0.05, 0.1) is 12.7 Å². The lowest BCUT2D eigenvalue weighted by Gasteiger charge is -2.62. The van der Waals surface area contributed by atoms with Crippen molar-refractivity contribution in [2.24, 2.45) is 39.4 Å². The predicted octanol–water partition coefficient (Wildman–Crippen LogP) is 7.45. The first-order chi connectivity index (χ1) is 14.9. The van der Waals surface area contributed by atoms with Crippen LogP contribution in [0, 0.1) is 39.4 Å². The molecule has 182 valence electrons. The van der Waals surface area contributed by atoms with Crippen molar-refractivity contribution >= 4 is 0 Å². The van der Waals surface area contributed by atoms with Crippen LogP contribution in [0.3, 0.4) is 0 Å². The van der Waals surface area contributed by atoms with Crippen molar-refractivity contribution in [2.45, 2.75) is 119 Å². The number of fused-ring (bicyclic) bond motifs is 4. The summed E-state index contributed by atoms with van der Waals surface area (Å²) in [6.07, 6.45) is 14.5. The zero-order valence-corrected chi connectivity index (χ0v) is 22.1. The van der Waals surface area contributed by atoms with Gasteiger partial charge in [-0.3, -0.25) is 0 Å². The third kappa shape index (κ3) is 3.41. The Morgan fingerprint density at radius 1 is 1.00 bits per heavy atom. The third-order valence-corrected chi connectivity index (χ3v) is 11.8. The highest BCUT2D eigenvalue weighted by atomic mass is 16.3. The molecule has 0 aliphatic heterocycles. The highest BCUT2D eigenvalue weighted by molar-refractivity contribution is 5.38. The van der Waals surface area contributed by atoms with Gasteiger partial charge in [-0.25, -0.2) is 0 Å². The van der Waals surface area contributed by atoms with Crippen LogP contribution in [0.1, 0.15) is 113 Å². The van der Waals surface area contributed by atoms with Gasteiger partial charge in [-0.05, 0) is 111 Å². The van der Waals surface area contributed by atoms with Crippen LogP contribution in [0.5, 0.6) is 0 Å². The zero-order chi connectivity index (χ0) is 23.5. The van der Waals surface area contributed by atoms with E-state index in [2.05, 4.69) is 47.6 Å². The molecule has 2 unspecified atom stereocenters. The molecule has 2 N–H and O–H groups in total. The van der Waals surface area contributed by atoms with Crippen LogP contribution in [0.25, 0.3) is 0 Å². The minimum Gasteiger partial charge on any atom is -0.393 e. The summed E-state index contributed by atoms with van der Waals surface area (Å²) in [6, 6.07) is 0. The first kappa shape index (κ1) is 24.5. The van der Waals surface area contributed by atoms with E-state index in [4.69, 9.17) is 0 Å². The Kier molecular flexibility index (Phi) is 6.33. The summed E-state index contributed by atoms with van der Waals surface area (Å²) >= 11 is 0. The summed E-state index contributed by atoms with van der Waals surface area (Å²) in [5.41, 5.74) is 5.86. The molecule has 4 aliphatic rings. The molecule has 2 fully saturated rings.